The maximum atomic E-state index is 8.91. The van der Waals surface area contributed by atoms with Crippen molar-refractivity contribution in [3.8, 4) is 0 Å². The third-order valence-corrected chi connectivity index (χ3v) is 2.70. The van der Waals surface area contributed by atoms with Gasteiger partial charge in [-0.05, 0) is 6.92 Å². The highest BCUT2D eigenvalue weighted by Crippen LogP contribution is 2.21. The molecule has 0 amide bonds. The van der Waals surface area contributed by atoms with Gasteiger partial charge in [-0.2, -0.15) is 0 Å². The lowest BCUT2D eigenvalue weighted by molar-refractivity contribution is 0.209. The standard InChI is InChI=1S/C7H12N2O2S/c1-7(8,4-11)6-9-5(2-10)3-12-6/h3,10-11H,2,4,8H2,1H3/t7-/m0/s1. The lowest BCUT2D eigenvalue weighted by Gasteiger charge is -2.17. The van der Waals surface area contributed by atoms with Gasteiger partial charge in [0.1, 0.15) is 5.01 Å². The quantitative estimate of drug-likeness (QED) is 0.614. The molecule has 0 unspecified atom stereocenters. The van der Waals surface area contributed by atoms with Crippen LogP contribution in [0, 0.1) is 0 Å². The van der Waals surface area contributed by atoms with Crippen molar-refractivity contribution < 1.29 is 10.2 Å². The molecule has 4 N–H and O–H groups in total. The van der Waals surface area contributed by atoms with Crippen molar-refractivity contribution in [1.82, 2.24) is 4.98 Å². The number of nitrogens with zero attached hydrogens (tertiary/aromatic N) is 1. The first kappa shape index (κ1) is 9.60. The zero-order valence-electron chi connectivity index (χ0n) is 6.82. The van der Waals surface area contributed by atoms with Crippen LogP contribution in [-0.4, -0.2) is 21.8 Å². The van der Waals surface area contributed by atoms with Gasteiger partial charge in [0.15, 0.2) is 0 Å². The van der Waals surface area contributed by atoms with E-state index in [9.17, 15) is 0 Å². The summed E-state index contributed by atoms with van der Waals surface area (Å²) in [6.45, 7) is 1.47. The number of thiazole rings is 1. The van der Waals surface area contributed by atoms with Crippen LogP contribution in [0.1, 0.15) is 17.6 Å². The minimum atomic E-state index is -0.794. The molecule has 0 saturated carbocycles. The van der Waals surface area contributed by atoms with E-state index < -0.39 is 5.54 Å². The summed E-state index contributed by atoms with van der Waals surface area (Å²) < 4.78 is 0. The van der Waals surface area contributed by atoms with E-state index >= 15 is 0 Å². The van der Waals surface area contributed by atoms with Crippen molar-refractivity contribution in [3.63, 3.8) is 0 Å². The van der Waals surface area contributed by atoms with Crippen molar-refractivity contribution in [1.29, 1.82) is 0 Å². The Kier molecular flexibility index (Phi) is 2.79. The summed E-state index contributed by atoms with van der Waals surface area (Å²) in [6, 6.07) is 0. The van der Waals surface area contributed by atoms with Crippen LogP contribution < -0.4 is 5.73 Å². The summed E-state index contributed by atoms with van der Waals surface area (Å²) in [5.41, 5.74) is 5.53. The molecule has 4 nitrogen and oxygen atoms in total. The smallest absolute Gasteiger partial charge is 0.115 e. The molecule has 1 aromatic heterocycles. The number of nitrogens with two attached hydrogens (primary N) is 1. The van der Waals surface area contributed by atoms with Gasteiger partial charge in [-0.1, -0.05) is 0 Å². The first-order valence-electron chi connectivity index (χ1n) is 3.55. The molecule has 1 heterocycles. The number of aliphatic hydroxyl groups excluding tert-OH is 2. The van der Waals surface area contributed by atoms with E-state index in [0.717, 1.165) is 0 Å². The first-order chi connectivity index (χ1) is 5.60. The van der Waals surface area contributed by atoms with Gasteiger partial charge in [0.05, 0.1) is 24.4 Å². The monoisotopic (exact) mass is 188 g/mol. The Labute approximate surface area is 74.7 Å². The summed E-state index contributed by atoms with van der Waals surface area (Å²) in [4.78, 5) is 4.05. The molecule has 12 heavy (non-hydrogen) atoms. The molecule has 0 aromatic carbocycles. The average molecular weight is 188 g/mol. The highest BCUT2D eigenvalue weighted by atomic mass is 32.1. The molecular formula is C7H12N2O2S. The fraction of sp³-hybridized carbons (Fsp3) is 0.571. The third kappa shape index (κ3) is 1.81. The van der Waals surface area contributed by atoms with Gasteiger partial charge in [-0.15, -0.1) is 11.3 Å². The molecule has 1 atom stereocenters. The van der Waals surface area contributed by atoms with Crippen LogP contribution in [0.2, 0.25) is 0 Å². The van der Waals surface area contributed by atoms with Gasteiger partial charge in [-0.25, -0.2) is 4.98 Å². The Balaban J connectivity index is 2.88. The summed E-state index contributed by atoms with van der Waals surface area (Å²) in [6.07, 6.45) is 0. The Hall–Kier alpha value is -0.490. The lowest BCUT2D eigenvalue weighted by Crippen LogP contribution is -2.36. The molecule has 68 valence electrons. The van der Waals surface area contributed by atoms with Crippen LogP contribution >= 0.6 is 11.3 Å². The van der Waals surface area contributed by atoms with E-state index in [4.69, 9.17) is 15.9 Å². The number of aromatic nitrogens is 1. The molecule has 0 spiro atoms. The van der Waals surface area contributed by atoms with Crippen molar-refractivity contribution in [2.75, 3.05) is 6.61 Å². The minimum Gasteiger partial charge on any atom is -0.394 e. The molecule has 0 aliphatic carbocycles. The Bertz CT molecular complexity index is 260. The number of hydrogen-bond acceptors (Lipinski definition) is 5. The highest BCUT2D eigenvalue weighted by Gasteiger charge is 2.23. The van der Waals surface area contributed by atoms with E-state index in [0.29, 0.717) is 10.7 Å². The first-order valence-corrected chi connectivity index (χ1v) is 4.43. The van der Waals surface area contributed by atoms with Gasteiger partial charge >= 0.3 is 0 Å². The molecule has 1 aromatic rings. The Morgan fingerprint density at radius 2 is 2.33 bits per heavy atom. The SMILES string of the molecule is C[C@](N)(CO)c1nc(CO)cs1. The van der Waals surface area contributed by atoms with Gasteiger partial charge in [0.2, 0.25) is 0 Å². The minimum absolute atomic E-state index is 0.0853. The zero-order valence-corrected chi connectivity index (χ0v) is 7.64. The van der Waals surface area contributed by atoms with E-state index in [1.165, 1.54) is 11.3 Å². The molecule has 0 bridgehead atoms. The summed E-state index contributed by atoms with van der Waals surface area (Å²) in [7, 11) is 0. The fourth-order valence-electron chi connectivity index (χ4n) is 0.710. The number of hydrogen-bond donors (Lipinski definition) is 3. The molecule has 0 fully saturated rings. The van der Waals surface area contributed by atoms with Crippen LogP contribution in [0.3, 0.4) is 0 Å². The maximum Gasteiger partial charge on any atom is 0.115 e. The second-order valence-corrected chi connectivity index (χ2v) is 3.74. The molecular weight excluding hydrogens is 176 g/mol. The predicted molar refractivity (Wildman–Crippen MR) is 46.7 cm³/mol. The molecule has 1 rings (SSSR count). The molecule has 0 aliphatic rings. The lowest BCUT2D eigenvalue weighted by atomic mass is 10.1. The summed E-state index contributed by atoms with van der Waals surface area (Å²) >= 11 is 1.35. The summed E-state index contributed by atoms with van der Waals surface area (Å²) in [5.74, 6) is 0. The van der Waals surface area contributed by atoms with E-state index in [1.54, 1.807) is 12.3 Å². The second-order valence-electron chi connectivity index (χ2n) is 2.88. The second kappa shape index (κ2) is 3.49. The zero-order chi connectivity index (χ0) is 9.19. The van der Waals surface area contributed by atoms with Crippen LogP contribution in [0.5, 0.6) is 0 Å². The number of rotatable bonds is 3. The van der Waals surface area contributed by atoms with E-state index in [2.05, 4.69) is 4.98 Å². The Morgan fingerprint density at radius 1 is 1.67 bits per heavy atom. The largest absolute Gasteiger partial charge is 0.394 e. The topological polar surface area (TPSA) is 79.4 Å². The predicted octanol–water partition coefficient (Wildman–Crippen LogP) is -0.198. The third-order valence-electron chi connectivity index (χ3n) is 1.53. The molecule has 0 radical (unpaired) electrons. The van der Waals surface area contributed by atoms with Crippen molar-refractivity contribution >= 4 is 11.3 Å². The van der Waals surface area contributed by atoms with Gasteiger partial charge in [0.25, 0.3) is 0 Å². The van der Waals surface area contributed by atoms with E-state index in [1.807, 2.05) is 0 Å². The van der Waals surface area contributed by atoms with Crippen LogP contribution in [0.15, 0.2) is 5.38 Å². The van der Waals surface area contributed by atoms with Gasteiger partial charge in [0, 0.05) is 5.38 Å². The normalized spacial score (nSPS) is 16.0. The van der Waals surface area contributed by atoms with Crippen LogP contribution in [0.25, 0.3) is 0 Å². The highest BCUT2D eigenvalue weighted by molar-refractivity contribution is 7.09. The molecule has 5 heteroatoms. The summed E-state index contributed by atoms with van der Waals surface area (Å²) in [5, 5.41) is 20.0. The van der Waals surface area contributed by atoms with Crippen molar-refractivity contribution in [3.05, 3.63) is 16.1 Å². The van der Waals surface area contributed by atoms with Crippen molar-refractivity contribution in [2.24, 2.45) is 5.73 Å². The van der Waals surface area contributed by atoms with Gasteiger partial charge < -0.3 is 15.9 Å². The Morgan fingerprint density at radius 3 is 2.75 bits per heavy atom. The van der Waals surface area contributed by atoms with E-state index in [-0.39, 0.29) is 13.2 Å². The van der Waals surface area contributed by atoms with Crippen LogP contribution in [0.4, 0.5) is 0 Å². The van der Waals surface area contributed by atoms with Gasteiger partial charge in [-0.3, -0.25) is 0 Å². The van der Waals surface area contributed by atoms with Crippen LogP contribution in [-0.2, 0) is 12.1 Å². The van der Waals surface area contributed by atoms with Crippen molar-refractivity contribution in [2.45, 2.75) is 19.1 Å². The molecule has 0 saturated heterocycles. The fourth-order valence-corrected chi connectivity index (χ4v) is 1.59. The average Bonchev–Trinajstić information content (AvgIpc) is 2.52. The molecule has 0 aliphatic heterocycles. The number of aliphatic hydroxyl groups is 2. The maximum absolute atomic E-state index is 8.91.